The first-order chi connectivity index (χ1) is 10.2. The molecule has 0 aliphatic carbocycles. The highest BCUT2D eigenvalue weighted by Gasteiger charge is 2.20. The molecule has 1 rings (SSSR count). The first kappa shape index (κ1) is 17.6. The van der Waals surface area contributed by atoms with E-state index in [9.17, 15) is 5.11 Å². The lowest BCUT2D eigenvalue weighted by Crippen LogP contribution is -2.08. The lowest BCUT2D eigenvalue weighted by Gasteiger charge is -2.20. The molecule has 1 atom stereocenters. The van der Waals surface area contributed by atoms with E-state index in [1.54, 1.807) is 6.92 Å². The standard InChI is InChI=1S/C17H28O4/c1-5-10-19-15-9-8-14(13(4)18)16(20-11-6-2)17(15)21-12-7-3/h8-9,13,18H,5-7,10-12H2,1-4H3. The van der Waals surface area contributed by atoms with Crippen LogP contribution >= 0.6 is 0 Å². The fourth-order valence-electron chi connectivity index (χ4n) is 1.91. The third kappa shape index (κ3) is 5.12. The van der Waals surface area contributed by atoms with Crippen LogP contribution < -0.4 is 14.2 Å². The summed E-state index contributed by atoms with van der Waals surface area (Å²) in [6, 6.07) is 3.70. The van der Waals surface area contributed by atoms with E-state index < -0.39 is 6.10 Å². The summed E-state index contributed by atoms with van der Waals surface area (Å²) in [5.41, 5.74) is 0.735. The molecule has 0 spiro atoms. The summed E-state index contributed by atoms with van der Waals surface area (Å²) < 4.78 is 17.4. The van der Waals surface area contributed by atoms with Gasteiger partial charge in [-0.3, -0.25) is 0 Å². The Morgan fingerprint density at radius 1 is 0.857 bits per heavy atom. The number of rotatable bonds is 10. The molecule has 0 radical (unpaired) electrons. The number of ether oxygens (including phenoxy) is 3. The van der Waals surface area contributed by atoms with Gasteiger partial charge in [0.05, 0.1) is 25.9 Å². The molecule has 0 bridgehead atoms. The van der Waals surface area contributed by atoms with Crippen molar-refractivity contribution in [2.24, 2.45) is 0 Å². The minimum Gasteiger partial charge on any atom is -0.490 e. The Morgan fingerprint density at radius 2 is 1.38 bits per heavy atom. The summed E-state index contributed by atoms with van der Waals surface area (Å²) in [6.45, 7) is 9.69. The molecule has 0 aromatic heterocycles. The van der Waals surface area contributed by atoms with Crippen molar-refractivity contribution in [3.8, 4) is 17.2 Å². The number of aliphatic hydroxyl groups excluding tert-OH is 1. The second kappa shape index (κ2) is 9.50. The lowest BCUT2D eigenvalue weighted by atomic mass is 10.1. The van der Waals surface area contributed by atoms with Crippen molar-refractivity contribution in [1.29, 1.82) is 0 Å². The molecule has 0 heterocycles. The number of benzene rings is 1. The van der Waals surface area contributed by atoms with Gasteiger partial charge in [0.25, 0.3) is 0 Å². The summed E-state index contributed by atoms with van der Waals surface area (Å²) in [5.74, 6) is 1.90. The van der Waals surface area contributed by atoms with Crippen molar-refractivity contribution < 1.29 is 19.3 Å². The van der Waals surface area contributed by atoms with Gasteiger partial charge in [-0.2, -0.15) is 0 Å². The highest BCUT2D eigenvalue weighted by molar-refractivity contribution is 5.56. The van der Waals surface area contributed by atoms with E-state index in [2.05, 4.69) is 13.8 Å². The zero-order chi connectivity index (χ0) is 15.7. The molecule has 1 aromatic carbocycles. The monoisotopic (exact) mass is 296 g/mol. The summed E-state index contributed by atoms with van der Waals surface area (Å²) in [6.07, 6.45) is 2.11. The van der Waals surface area contributed by atoms with Crippen LogP contribution in [0.15, 0.2) is 12.1 Å². The van der Waals surface area contributed by atoms with Crippen molar-refractivity contribution in [1.82, 2.24) is 0 Å². The average Bonchev–Trinajstić information content (AvgIpc) is 2.48. The van der Waals surface area contributed by atoms with Crippen LogP contribution in [0.2, 0.25) is 0 Å². The highest BCUT2D eigenvalue weighted by atomic mass is 16.5. The second-order valence-electron chi connectivity index (χ2n) is 5.03. The van der Waals surface area contributed by atoms with Gasteiger partial charge in [0.15, 0.2) is 11.5 Å². The minimum absolute atomic E-state index is 0.583. The fraction of sp³-hybridized carbons (Fsp3) is 0.647. The van der Waals surface area contributed by atoms with Crippen LogP contribution in [-0.4, -0.2) is 24.9 Å². The Morgan fingerprint density at radius 3 is 1.90 bits per heavy atom. The summed E-state index contributed by atoms with van der Waals surface area (Å²) >= 11 is 0. The van der Waals surface area contributed by atoms with E-state index >= 15 is 0 Å². The topological polar surface area (TPSA) is 47.9 Å². The van der Waals surface area contributed by atoms with Crippen molar-refractivity contribution in [3.63, 3.8) is 0 Å². The number of hydrogen-bond acceptors (Lipinski definition) is 4. The van der Waals surface area contributed by atoms with Gasteiger partial charge in [-0.1, -0.05) is 20.8 Å². The second-order valence-corrected chi connectivity index (χ2v) is 5.03. The zero-order valence-electron chi connectivity index (χ0n) is 13.6. The maximum Gasteiger partial charge on any atom is 0.203 e. The van der Waals surface area contributed by atoms with Crippen LogP contribution in [0.1, 0.15) is 58.6 Å². The number of hydrogen-bond donors (Lipinski definition) is 1. The van der Waals surface area contributed by atoms with Crippen molar-refractivity contribution in [3.05, 3.63) is 17.7 Å². The molecule has 0 saturated carbocycles. The van der Waals surface area contributed by atoms with Crippen LogP contribution in [0.25, 0.3) is 0 Å². The van der Waals surface area contributed by atoms with Crippen LogP contribution in [0.4, 0.5) is 0 Å². The molecule has 1 N–H and O–H groups in total. The molecular weight excluding hydrogens is 268 g/mol. The predicted octanol–water partition coefficient (Wildman–Crippen LogP) is 4.11. The summed E-state index contributed by atoms with van der Waals surface area (Å²) in [7, 11) is 0. The minimum atomic E-state index is -0.610. The van der Waals surface area contributed by atoms with Crippen molar-refractivity contribution in [2.75, 3.05) is 19.8 Å². The average molecular weight is 296 g/mol. The van der Waals surface area contributed by atoms with Gasteiger partial charge in [-0.25, -0.2) is 0 Å². The van der Waals surface area contributed by atoms with E-state index in [1.807, 2.05) is 19.1 Å². The fourth-order valence-corrected chi connectivity index (χ4v) is 1.91. The molecule has 0 saturated heterocycles. The van der Waals surface area contributed by atoms with Gasteiger partial charge in [0, 0.05) is 5.56 Å². The SMILES string of the molecule is CCCOc1ccc(C(C)O)c(OCCC)c1OCCC. The molecule has 0 fully saturated rings. The molecule has 1 unspecified atom stereocenters. The van der Waals surface area contributed by atoms with Crippen molar-refractivity contribution in [2.45, 2.75) is 53.1 Å². The Kier molecular flexibility index (Phi) is 7.98. The zero-order valence-corrected chi connectivity index (χ0v) is 13.6. The van der Waals surface area contributed by atoms with E-state index in [-0.39, 0.29) is 0 Å². The first-order valence-corrected chi connectivity index (χ1v) is 7.88. The van der Waals surface area contributed by atoms with E-state index in [0.29, 0.717) is 37.1 Å². The Bertz CT molecular complexity index is 415. The summed E-state index contributed by atoms with van der Waals surface area (Å²) in [4.78, 5) is 0. The Balaban J connectivity index is 3.19. The van der Waals surface area contributed by atoms with Crippen LogP contribution in [-0.2, 0) is 0 Å². The van der Waals surface area contributed by atoms with Crippen LogP contribution in [0, 0.1) is 0 Å². The van der Waals surface area contributed by atoms with Crippen LogP contribution in [0.3, 0.4) is 0 Å². The van der Waals surface area contributed by atoms with E-state index in [1.165, 1.54) is 0 Å². The molecule has 0 amide bonds. The molecule has 1 aromatic rings. The van der Waals surface area contributed by atoms with Gasteiger partial charge in [0.1, 0.15) is 0 Å². The third-order valence-corrected chi connectivity index (χ3v) is 2.92. The van der Waals surface area contributed by atoms with E-state index in [0.717, 1.165) is 24.8 Å². The highest BCUT2D eigenvalue weighted by Crippen LogP contribution is 2.42. The van der Waals surface area contributed by atoms with Gasteiger partial charge in [0.2, 0.25) is 5.75 Å². The molecule has 21 heavy (non-hydrogen) atoms. The third-order valence-electron chi connectivity index (χ3n) is 2.92. The molecule has 120 valence electrons. The maximum atomic E-state index is 9.94. The van der Waals surface area contributed by atoms with Crippen molar-refractivity contribution >= 4 is 0 Å². The first-order valence-electron chi connectivity index (χ1n) is 7.88. The normalized spacial score (nSPS) is 12.0. The van der Waals surface area contributed by atoms with Gasteiger partial charge in [-0.15, -0.1) is 0 Å². The molecule has 4 heteroatoms. The molecular formula is C17H28O4. The van der Waals surface area contributed by atoms with Gasteiger partial charge < -0.3 is 19.3 Å². The largest absolute Gasteiger partial charge is 0.490 e. The maximum absolute atomic E-state index is 9.94. The summed E-state index contributed by atoms with van der Waals surface area (Å²) in [5, 5.41) is 9.94. The van der Waals surface area contributed by atoms with Gasteiger partial charge in [-0.05, 0) is 38.3 Å². The molecule has 0 aliphatic heterocycles. The molecule has 0 aliphatic rings. The van der Waals surface area contributed by atoms with E-state index in [4.69, 9.17) is 14.2 Å². The van der Waals surface area contributed by atoms with Crippen LogP contribution in [0.5, 0.6) is 17.2 Å². The number of aliphatic hydroxyl groups is 1. The molecule has 4 nitrogen and oxygen atoms in total. The Hall–Kier alpha value is -1.42. The lowest BCUT2D eigenvalue weighted by molar-refractivity contribution is 0.185. The Labute approximate surface area is 128 Å². The smallest absolute Gasteiger partial charge is 0.203 e. The quantitative estimate of drug-likeness (QED) is 0.706. The van der Waals surface area contributed by atoms with Gasteiger partial charge >= 0.3 is 0 Å². The predicted molar refractivity (Wildman–Crippen MR) is 84.4 cm³/mol.